The number of aliphatic carboxylic acids is 1. The van der Waals surface area contributed by atoms with Gasteiger partial charge in [0.1, 0.15) is 0 Å². The van der Waals surface area contributed by atoms with Gasteiger partial charge in [-0.05, 0) is 30.7 Å². The molecule has 126 valence electrons. The fourth-order valence-corrected chi connectivity index (χ4v) is 2.78. The van der Waals surface area contributed by atoms with Crippen molar-refractivity contribution in [1.29, 1.82) is 0 Å². The smallest absolute Gasteiger partial charge is 0.348 e. The Morgan fingerprint density at radius 2 is 1.96 bits per heavy atom. The van der Waals surface area contributed by atoms with Gasteiger partial charge in [-0.25, -0.2) is 19.2 Å². The highest BCUT2D eigenvalue weighted by Gasteiger charge is 2.45. The number of ether oxygens (including phenoxy) is 1. The normalized spacial score (nSPS) is 16.7. The third-order valence-electron chi connectivity index (χ3n) is 4.19. The molecule has 1 aliphatic heterocycles. The zero-order valence-electron chi connectivity index (χ0n) is 13.3. The Bertz CT molecular complexity index is 731. The molecule has 2 heterocycles. The molecule has 2 aromatic rings. The van der Waals surface area contributed by atoms with Crippen LogP contribution in [0, 0.1) is 12.7 Å². The molecule has 1 saturated heterocycles. The second-order valence-corrected chi connectivity index (χ2v) is 5.87. The van der Waals surface area contributed by atoms with E-state index in [1.54, 1.807) is 31.5 Å². The summed E-state index contributed by atoms with van der Waals surface area (Å²) in [5.74, 6) is -1.12. The van der Waals surface area contributed by atoms with Crippen LogP contribution in [0.5, 0.6) is 5.75 Å². The molecule has 3 rings (SSSR count). The minimum absolute atomic E-state index is 0.0261. The Hall–Kier alpha value is -2.70. The molecule has 0 aliphatic carbocycles. The van der Waals surface area contributed by atoms with Gasteiger partial charge in [-0.15, -0.1) is 0 Å². The van der Waals surface area contributed by atoms with Crippen LogP contribution in [0.4, 0.5) is 10.3 Å². The fraction of sp³-hybridized carbons (Fsp3) is 0.353. The molecule has 0 spiro atoms. The number of piperidine rings is 1. The Labute approximate surface area is 138 Å². The molecule has 0 amide bonds. The van der Waals surface area contributed by atoms with Gasteiger partial charge in [-0.1, -0.05) is 6.07 Å². The zero-order valence-corrected chi connectivity index (χ0v) is 13.3. The maximum Gasteiger partial charge on any atom is 0.348 e. The molecule has 1 aromatic carbocycles. The largest absolute Gasteiger partial charge is 0.478 e. The number of carboxylic acid groups (broad SMARTS) is 1. The predicted molar refractivity (Wildman–Crippen MR) is 85.6 cm³/mol. The van der Waals surface area contributed by atoms with Gasteiger partial charge in [0.05, 0.1) is 0 Å². The van der Waals surface area contributed by atoms with Crippen molar-refractivity contribution in [3.63, 3.8) is 0 Å². The summed E-state index contributed by atoms with van der Waals surface area (Å²) in [5.41, 5.74) is -0.637. The standard InChI is InChI=1S/C17H18FN3O3/c1-12-3-4-13(18)14(11-12)24-17(15(22)23)5-9-21(10-6-17)16-19-7-2-8-20-16/h2-4,7-8,11H,5-6,9-10H2,1H3,(H,22,23). The lowest BCUT2D eigenvalue weighted by Gasteiger charge is -2.38. The number of carbonyl (C=O) groups is 1. The van der Waals surface area contributed by atoms with Crippen molar-refractivity contribution < 1.29 is 19.0 Å². The van der Waals surface area contributed by atoms with Crippen LogP contribution in [-0.4, -0.2) is 39.7 Å². The first-order chi connectivity index (χ1) is 11.5. The number of hydrogen-bond donors (Lipinski definition) is 1. The van der Waals surface area contributed by atoms with Gasteiger partial charge < -0.3 is 14.7 Å². The molecule has 1 fully saturated rings. The number of nitrogens with zero attached hydrogens (tertiary/aromatic N) is 3. The average Bonchev–Trinajstić information content (AvgIpc) is 2.59. The van der Waals surface area contributed by atoms with E-state index in [9.17, 15) is 14.3 Å². The topological polar surface area (TPSA) is 75.6 Å². The highest BCUT2D eigenvalue weighted by Crippen LogP contribution is 2.32. The van der Waals surface area contributed by atoms with Crippen molar-refractivity contribution in [2.45, 2.75) is 25.4 Å². The predicted octanol–water partition coefficient (Wildman–Crippen LogP) is 2.43. The van der Waals surface area contributed by atoms with E-state index in [4.69, 9.17) is 4.74 Å². The summed E-state index contributed by atoms with van der Waals surface area (Å²) in [5, 5.41) is 9.67. The van der Waals surface area contributed by atoms with Gasteiger partial charge >= 0.3 is 5.97 Å². The summed E-state index contributed by atoms with van der Waals surface area (Å²) >= 11 is 0. The van der Waals surface area contributed by atoms with Crippen LogP contribution in [0.15, 0.2) is 36.7 Å². The Morgan fingerprint density at radius 3 is 2.58 bits per heavy atom. The SMILES string of the molecule is Cc1ccc(F)c(OC2(C(=O)O)CCN(c3ncccn3)CC2)c1. The van der Waals surface area contributed by atoms with Crippen molar-refractivity contribution in [1.82, 2.24) is 9.97 Å². The summed E-state index contributed by atoms with van der Waals surface area (Å²) in [6.07, 6.45) is 3.71. The van der Waals surface area contributed by atoms with Gasteiger partial charge in [0.25, 0.3) is 0 Å². The Morgan fingerprint density at radius 1 is 1.29 bits per heavy atom. The lowest BCUT2D eigenvalue weighted by Crippen LogP contribution is -2.53. The molecular formula is C17H18FN3O3. The van der Waals surface area contributed by atoms with Crippen molar-refractivity contribution in [2.75, 3.05) is 18.0 Å². The zero-order chi connectivity index (χ0) is 17.2. The first-order valence-electron chi connectivity index (χ1n) is 7.71. The van der Waals surface area contributed by atoms with E-state index in [0.717, 1.165) is 5.56 Å². The molecule has 1 aliphatic rings. The number of aryl methyl sites for hydroxylation is 1. The summed E-state index contributed by atoms with van der Waals surface area (Å²) in [7, 11) is 0. The molecule has 0 unspecified atom stereocenters. The number of anilines is 1. The second-order valence-electron chi connectivity index (χ2n) is 5.87. The number of rotatable bonds is 4. The molecule has 6 nitrogen and oxygen atoms in total. The van der Waals surface area contributed by atoms with Crippen LogP contribution in [0.2, 0.25) is 0 Å². The monoisotopic (exact) mass is 331 g/mol. The summed E-state index contributed by atoms with van der Waals surface area (Å²) in [6.45, 7) is 2.64. The van der Waals surface area contributed by atoms with Crippen LogP contribution < -0.4 is 9.64 Å². The number of benzene rings is 1. The summed E-state index contributed by atoms with van der Waals surface area (Å²) in [6, 6.07) is 6.14. The van der Waals surface area contributed by atoms with Gasteiger partial charge in [-0.3, -0.25) is 0 Å². The Kier molecular flexibility index (Phi) is 4.33. The van der Waals surface area contributed by atoms with Crippen LogP contribution in [0.1, 0.15) is 18.4 Å². The molecular weight excluding hydrogens is 313 g/mol. The van der Waals surface area contributed by atoms with Crippen molar-refractivity contribution in [3.8, 4) is 5.75 Å². The first kappa shape index (κ1) is 16.2. The van der Waals surface area contributed by atoms with Crippen molar-refractivity contribution in [2.24, 2.45) is 0 Å². The average molecular weight is 331 g/mol. The van der Waals surface area contributed by atoms with E-state index in [1.807, 2.05) is 4.90 Å². The lowest BCUT2D eigenvalue weighted by atomic mass is 9.91. The molecule has 0 bridgehead atoms. The number of aromatic nitrogens is 2. The van der Waals surface area contributed by atoms with E-state index in [0.29, 0.717) is 19.0 Å². The van der Waals surface area contributed by atoms with E-state index >= 15 is 0 Å². The highest BCUT2D eigenvalue weighted by atomic mass is 19.1. The van der Waals surface area contributed by atoms with Gasteiger partial charge in [0, 0.05) is 38.3 Å². The van der Waals surface area contributed by atoms with E-state index < -0.39 is 17.4 Å². The van der Waals surface area contributed by atoms with Gasteiger partial charge in [0.15, 0.2) is 11.6 Å². The number of hydrogen-bond acceptors (Lipinski definition) is 5. The summed E-state index contributed by atoms with van der Waals surface area (Å²) in [4.78, 5) is 22.1. The van der Waals surface area contributed by atoms with E-state index in [1.165, 1.54) is 12.1 Å². The quantitative estimate of drug-likeness (QED) is 0.927. The van der Waals surface area contributed by atoms with Crippen LogP contribution in [0.25, 0.3) is 0 Å². The molecule has 24 heavy (non-hydrogen) atoms. The third kappa shape index (κ3) is 3.15. The van der Waals surface area contributed by atoms with Crippen LogP contribution >= 0.6 is 0 Å². The molecule has 0 saturated carbocycles. The van der Waals surface area contributed by atoms with E-state index in [2.05, 4.69) is 9.97 Å². The molecule has 0 atom stereocenters. The highest BCUT2D eigenvalue weighted by molar-refractivity contribution is 5.78. The minimum atomic E-state index is -1.44. The first-order valence-corrected chi connectivity index (χ1v) is 7.71. The summed E-state index contributed by atoms with van der Waals surface area (Å²) < 4.78 is 19.6. The number of halogens is 1. The van der Waals surface area contributed by atoms with Crippen LogP contribution in [0.3, 0.4) is 0 Å². The Balaban J connectivity index is 1.79. The number of carboxylic acids is 1. The third-order valence-corrected chi connectivity index (χ3v) is 4.19. The van der Waals surface area contributed by atoms with Gasteiger partial charge in [0.2, 0.25) is 11.5 Å². The van der Waals surface area contributed by atoms with E-state index in [-0.39, 0.29) is 18.6 Å². The van der Waals surface area contributed by atoms with Crippen LogP contribution in [-0.2, 0) is 4.79 Å². The maximum atomic E-state index is 14.0. The minimum Gasteiger partial charge on any atom is -0.478 e. The second kappa shape index (κ2) is 6.43. The molecule has 0 radical (unpaired) electrons. The molecule has 1 aromatic heterocycles. The van der Waals surface area contributed by atoms with Gasteiger partial charge in [-0.2, -0.15) is 0 Å². The fourth-order valence-electron chi connectivity index (χ4n) is 2.78. The lowest BCUT2D eigenvalue weighted by molar-refractivity contribution is -0.157. The maximum absolute atomic E-state index is 14.0. The van der Waals surface area contributed by atoms with Crippen molar-refractivity contribution >= 4 is 11.9 Å². The van der Waals surface area contributed by atoms with Crippen molar-refractivity contribution in [3.05, 3.63) is 48.0 Å². The molecule has 7 heteroatoms. The molecule has 1 N–H and O–H groups in total.